The van der Waals surface area contributed by atoms with E-state index in [1.54, 1.807) is 104 Å². The van der Waals surface area contributed by atoms with Crippen LogP contribution in [0.25, 0.3) is 123 Å². The molecule has 0 radical (unpaired) electrons. The summed E-state index contributed by atoms with van der Waals surface area (Å²) in [5, 5.41) is 60.5. The van der Waals surface area contributed by atoms with Crippen molar-refractivity contribution >= 4 is 88.4 Å². The first-order chi connectivity index (χ1) is 57.6. The zero-order chi connectivity index (χ0) is 80.6. The maximum atomic E-state index is 12.8. The van der Waals surface area contributed by atoms with Gasteiger partial charge in [-0.05, 0) is 195 Å². The predicted molar refractivity (Wildman–Crippen MR) is 451 cm³/mol. The third kappa shape index (κ3) is 17.1. The first-order valence-electron chi connectivity index (χ1n) is 37.6. The minimum atomic E-state index is -3.57. The third-order valence-corrected chi connectivity index (χ3v) is 21.0. The van der Waals surface area contributed by atoms with Crippen LogP contribution in [0.1, 0.15) is 60.9 Å². The first kappa shape index (κ1) is 75.0. The maximum absolute atomic E-state index is 12.8. The molecule has 3 amide bonds. The van der Waals surface area contributed by atoms with Crippen LogP contribution >= 0.6 is 0 Å². The van der Waals surface area contributed by atoms with Crippen LogP contribution in [-0.2, 0) is 22.2 Å². The number of nitrogens with zero attached hydrogens (tertiary/aromatic N) is 10. The van der Waals surface area contributed by atoms with Crippen molar-refractivity contribution in [2.75, 3.05) is 35.7 Å². The largest absolute Gasteiger partial charge is 0.497 e. The number of carbonyl (C=O) groups excluding carboxylic acids is 3. The van der Waals surface area contributed by atoms with Crippen molar-refractivity contribution in [3.05, 3.63) is 289 Å². The molecule has 11 aromatic carbocycles. The molecule has 30 heteroatoms. The Hall–Kier alpha value is -15.7. The van der Waals surface area contributed by atoms with E-state index in [4.69, 9.17) is 19.9 Å². The molecule has 0 atom stereocenters. The number of primary amides is 1. The van der Waals surface area contributed by atoms with Gasteiger partial charge >= 0.3 is 0 Å². The first-order valence-corrected chi connectivity index (χ1v) is 39.2. The van der Waals surface area contributed by atoms with E-state index in [2.05, 4.69) is 108 Å². The number of ether oxygens (including phenoxy) is 3. The van der Waals surface area contributed by atoms with E-state index in [9.17, 15) is 22.8 Å². The highest BCUT2D eigenvalue weighted by atomic mass is 32.2. The second kappa shape index (κ2) is 33.2. The molecule has 584 valence electrons. The quantitative estimate of drug-likeness (QED) is 0.0358. The zero-order valence-electron chi connectivity index (χ0n) is 63.3. The van der Waals surface area contributed by atoms with Crippen LogP contribution in [0.5, 0.6) is 17.2 Å². The number of amides is 3. The molecule has 1 fully saturated rings. The number of hydrogen-bond acceptors (Lipinski definition) is 18. The van der Waals surface area contributed by atoms with Gasteiger partial charge in [0.2, 0.25) is 15.9 Å². The normalized spacial score (nSPS) is 12.2. The van der Waals surface area contributed by atoms with Crippen molar-refractivity contribution in [1.29, 1.82) is 0 Å². The maximum Gasteiger partial charge on any atom is 0.255 e. The Morgan fingerprint density at radius 1 is 0.458 bits per heavy atom. The minimum Gasteiger partial charge on any atom is -0.497 e. The van der Waals surface area contributed by atoms with E-state index in [1.807, 2.05) is 146 Å². The molecule has 1 saturated carbocycles. The Kier molecular flexibility index (Phi) is 21.1. The molecule has 20 rings (SSSR count). The topological polar surface area (TPSA) is 415 Å². The molecule has 1 aliphatic heterocycles. The molecule has 118 heavy (non-hydrogen) atoms. The average molecular weight is 1580 g/mol. The number of rotatable bonds is 19. The summed E-state index contributed by atoms with van der Waals surface area (Å²) < 4.78 is 44.1. The fourth-order valence-electron chi connectivity index (χ4n) is 13.6. The number of benzene rings is 11. The number of anilines is 3. The monoisotopic (exact) mass is 1580 g/mol. The van der Waals surface area contributed by atoms with E-state index in [-0.39, 0.29) is 17.6 Å². The fraction of sp³-hybridized carbons (Fsp3) is 0.102. The molecular weight excluding hydrogens is 1510 g/mol. The number of aromatic amines is 7. The molecule has 0 unspecified atom stereocenters. The van der Waals surface area contributed by atoms with E-state index in [0.29, 0.717) is 69.7 Å². The molecule has 0 spiro atoms. The van der Waals surface area contributed by atoms with Crippen molar-refractivity contribution in [1.82, 2.24) is 86.3 Å². The van der Waals surface area contributed by atoms with Gasteiger partial charge in [-0.1, -0.05) is 84.4 Å². The number of H-pyrrole nitrogens is 7. The van der Waals surface area contributed by atoms with Gasteiger partial charge in [0.15, 0.2) is 29.0 Å². The summed E-state index contributed by atoms with van der Waals surface area (Å²) in [5.74, 6) is 5.10. The molecule has 12 N–H and O–H groups in total. The lowest BCUT2D eigenvalue weighted by Crippen LogP contribution is -2.15. The Morgan fingerprint density at radius 3 is 1.48 bits per heavy atom. The molecule has 2 aliphatic rings. The van der Waals surface area contributed by atoms with Crippen molar-refractivity contribution in [3.8, 4) is 96.4 Å². The van der Waals surface area contributed by atoms with Gasteiger partial charge in [-0.2, -0.15) is 35.7 Å². The van der Waals surface area contributed by atoms with Gasteiger partial charge in [0.1, 0.15) is 43.1 Å². The van der Waals surface area contributed by atoms with Gasteiger partial charge < -0.3 is 30.6 Å². The number of aromatic nitrogens is 17. The average Bonchev–Trinajstić information content (AvgIpc) is 1.62. The van der Waals surface area contributed by atoms with Crippen LogP contribution in [0.15, 0.2) is 255 Å². The fourth-order valence-corrected chi connectivity index (χ4v) is 14.8. The molecule has 29 nitrogen and oxygen atoms in total. The van der Waals surface area contributed by atoms with Crippen molar-refractivity contribution in [2.45, 2.75) is 31.9 Å². The highest BCUT2D eigenvalue weighted by Crippen LogP contribution is 2.39. The van der Waals surface area contributed by atoms with E-state index in [0.717, 1.165) is 147 Å². The van der Waals surface area contributed by atoms with Crippen LogP contribution in [0.4, 0.5) is 17.1 Å². The Balaban J connectivity index is 0.000000113. The van der Waals surface area contributed by atoms with Gasteiger partial charge in [0.25, 0.3) is 11.8 Å². The minimum absolute atomic E-state index is 0.120. The molecule has 1 aliphatic carbocycles. The number of hydrogen-bond donors (Lipinski definition) is 11. The van der Waals surface area contributed by atoms with Gasteiger partial charge in [-0.3, -0.25) is 54.8 Å². The lowest BCUT2D eigenvalue weighted by Gasteiger charge is -2.18. The molecule has 0 bridgehead atoms. The summed E-state index contributed by atoms with van der Waals surface area (Å²) >= 11 is 0. The third-order valence-electron chi connectivity index (χ3n) is 19.8. The van der Waals surface area contributed by atoms with Gasteiger partial charge in [0.05, 0.1) is 52.0 Å². The molecule has 8 heterocycles. The van der Waals surface area contributed by atoms with Gasteiger partial charge in [-0.25, -0.2) is 23.4 Å². The molecule has 0 saturated heterocycles. The lowest BCUT2D eigenvalue weighted by molar-refractivity contribution is 0.0996. The van der Waals surface area contributed by atoms with E-state index < -0.39 is 15.9 Å². The number of methoxy groups -OCH3 is 1. The van der Waals surface area contributed by atoms with Crippen LogP contribution in [0.2, 0.25) is 0 Å². The van der Waals surface area contributed by atoms with Crippen molar-refractivity contribution in [2.24, 2.45) is 11.7 Å². The second-order valence-corrected chi connectivity index (χ2v) is 29.8. The number of nitrogens with one attached hydrogen (secondary N) is 10. The molecule has 18 aromatic rings. The SMILES string of the molecule is COc1ccc(NC(=O)c2cccc(-c3n[nH]c4ccc(-c5ncn[nH]5)cc34)c2)cc1.Cc1ccc(NC(=O)c2cccc(-c3n[nH]c4ccc(-c5ncn[nH]5)cc34)c2)cc1.NC(=O)c1ccc2[nH]nc(-c3cccc(NS(=O)(=O)Cc4ccccc4)c3)c2c1.c1cc2[nH]nc(-c3ccc4c(c3)OCCO4)c2cc1-c1n[nH]c(CC2CC2)n1. The summed E-state index contributed by atoms with van der Waals surface area (Å²) in [6.45, 7) is 3.16. The predicted octanol–water partition coefficient (Wildman–Crippen LogP) is 15.9. The summed E-state index contributed by atoms with van der Waals surface area (Å²) in [6.07, 6.45) is 6.54. The van der Waals surface area contributed by atoms with Crippen LogP contribution in [0, 0.1) is 12.8 Å². The van der Waals surface area contributed by atoms with Crippen LogP contribution < -0.4 is 35.3 Å². The van der Waals surface area contributed by atoms with Gasteiger partial charge in [0, 0.05) is 101 Å². The number of aryl methyl sites for hydroxylation is 1. The van der Waals surface area contributed by atoms with Gasteiger partial charge in [-0.15, -0.1) is 0 Å². The van der Waals surface area contributed by atoms with Crippen LogP contribution in [0.3, 0.4) is 0 Å². The highest BCUT2D eigenvalue weighted by Gasteiger charge is 2.25. The van der Waals surface area contributed by atoms with E-state index in [1.165, 1.54) is 25.5 Å². The Morgan fingerprint density at radius 2 is 0.949 bits per heavy atom. The lowest BCUT2D eigenvalue weighted by atomic mass is 10.0. The number of sulfonamides is 1. The Labute approximate surface area is 672 Å². The summed E-state index contributed by atoms with van der Waals surface area (Å²) in [7, 11) is -1.97. The second-order valence-electron chi connectivity index (χ2n) is 28.1. The summed E-state index contributed by atoms with van der Waals surface area (Å²) in [4.78, 5) is 50.1. The highest BCUT2D eigenvalue weighted by molar-refractivity contribution is 7.91. The van der Waals surface area contributed by atoms with Crippen LogP contribution in [-0.4, -0.2) is 133 Å². The van der Waals surface area contributed by atoms with E-state index >= 15 is 0 Å². The molecular formula is C88H73N21O8S. The summed E-state index contributed by atoms with van der Waals surface area (Å²) in [6, 6.07) is 74.6. The molecule has 7 aromatic heterocycles. The Bertz CT molecular complexity index is 6800. The van der Waals surface area contributed by atoms with Crippen molar-refractivity contribution in [3.63, 3.8) is 0 Å². The van der Waals surface area contributed by atoms with Crippen molar-refractivity contribution < 1.29 is 37.0 Å². The zero-order valence-corrected chi connectivity index (χ0v) is 64.1. The summed E-state index contributed by atoms with van der Waals surface area (Å²) in [5.41, 5.74) is 23.3. The number of fused-ring (bicyclic) bond motifs is 5. The number of nitrogens with two attached hydrogens (primary N) is 1. The smallest absolute Gasteiger partial charge is 0.255 e. The number of carbonyl (C=O) groups is 3. The standard InChI is InChI=1S/C23H18N6O2.C23H18N6O.C21H19N5O2.C21H18N4O3S/c1-31-18-8-6-17(7-9-18)26-23(30)16-4-2-3-14(11-16)21-19-12-15(22-24-13-25-29-22)5-10-20(19)27-28-21;1-14-5-8-18(9-6-14)26-23(30)17-4-2-3-15(11-17)21-19-12-16(22-24-13-25-29-22)7-10-20(19)27-28-21;1-2-12(1)9-19-22-21(26-24-19)14-3-5-16-15(10-14)20(25-23-16)13-4-6-17-18(11-13)28-8-7-27-17;22-21(26)16-9-10-19-18(12-16)20(24-23-19)15-7-4-8-17(11-15)25-29(27,28)13-14-5-2-1-3-6-14/h2-13H,1H3,(H,26,30)(H,27,28)(H,24,25,29);2-13H,1H3,(H,26,30)(H,27,28)(H,24,25,29);3-6,10-12H,1-2,7-9H2,(H,23,25)(H,22,24,26);1-12,25H,13H2,(H2,22,26)(H,23,24).